The van der Waals surface area contributed by atoms with Crippen molar-refractivity contribution in [2.24, 2.45) is 0 Å². The molecule has 1 N–H and O–H groups in total. The monoisotopic (exact) mass is 278 g/mol. The summed E-state index contributed by atoms with van der Waals surface area (Å²) >= 11 is 6.05. The molecule has 0 saturated heterocycles. The Morgan fingerprint density at radius 1 is 1.37 bits per heavy atom. The van der Waals surface area contributed by atoms with Crippen LogP contribution in [0.5, 0.6) is 0 Å². The third-order valence-electron chi connectivity index (χ3n) is 3.18. The molecule has 1 aromatic heterocycles. The smallest absolute Gasteiger partial charge is 0.124 e. The van der Waals surface area contributed by atoms with Gasteiger partial charge in [-0.3, -0.25) is 4.98 Å². The van der Waals surface area contributed by atoms with Crippen LogP contribution in [0.15, 0.2) is 36.7 Å². The zero-order valence-electron chi connectivity index (χ0n) is 11.0. The van der Waals surface area contributed by atoms with Crippen LogP contribution in [-0.2, 0) is 6.54 Å². The summed E-state index contributed by atoms with van der Waals surface area (Å²) in [7, 11) is 0. The number of pyridine rings is 1. The molecular formula is C15H16ClFN2. The lowest BCUT2D eigenvalue weighted by Crippen LogP contribution is -2.19. The van der Waals surface area contributed by atoms with E-state index in [1.807, 2.05) is 26.1 Å². The molecule has 0 saturated carbocycles. The maximum absolute atomic E-state index is 13.0. The molecule has 0 aliphatic heterocycles. The van der Waals surface area contributed by atoms with Crippen molar-refractivity contribution in [1.29, 1.82) is 0 Å². The number of benzene rings is 1. The van der Waals surface area contributed by atoms with Crippen LogP contribution < -0.4 is 5.32 Å². The number of hydrogen-bond donors (Lipinski definition) is 1. The molecule has 0 fully saturated rings. The second-order valence-corrected chi connectivity index (χ2v) is 4.98. The lowest BCUT2D eigenvalue weighted by atomic mass is 10.1. The van der Waals surface area contributed by atoms with Gasteiger partial charge in [-0.25, -0.2) is 4.39 Å². The molecule has 1 aromatic carbocycles. The molecule has 2 aromatic rings. The Kier molecular flexibility index (Phi) is 4.51. The first-order valence-corrected chi connectivity index (χ1v) is 6.53. The lowest BCUT2D eigenvalue weighted by molar-refractivity contribution is 0.569. The highest BCUT2D eigenvalue weighted by Gasteiger charge is 2.10. The van der Waals surface area contributed by atoms with E-state index in [1.54, 1.807) is 12.3 Å². The maximum atomic E-state index is 13.0. The van der Waals surface area contributed by atoms with Crippen molar-refractivity contribution < 1.29 is 4.39 Å². The minimum atomic E-state index is -0.316. The van der Waals surface area contributed by atoms with Gasteiger partial charge in [0.25, 0.3) is 0 Å². The van der Waals surface area contributed by atoms with Gasteiger partial charge in [0.05, 0.1) is 0 Å². The predicted octanol–water partition coefficient (Wildman–Crippen LogP) is 4.03. The van der Waals surface area contributed by atoms with Crippen LogP contribution in [0, 0.1) is 12.7 Å². The van der Waals surface area contributed by atoms with Gasteiger partial charge < -0.3 is 5.32 Å². The second kappa shape index (κ2) is 6.13. The number of aromatic nitrogens is 1. The minimum absolute atomic E-state index is 0.0488. The van der Waals surface area contributed by atoms with Gasteiger partial charge in [-0.15, -0.1) is 0 Å². The molecule has 0 bridgehead atoms. The molecule has 1 unspecified atom stereocenters. The van der Waals surface area contributed by atoms with Crippen LogP contribution in [0.25, 0.3) is 0 Å². The van der Waals surface area contributed by atoms with Gasteiger partial charge in [-0.2, -0.15) is 0 Å². The fraction of sp³-hybridized carbons (Fsp3) is 0.267. The second-order valence-electron chi connectivity index (χ2n) is 4.57. The molecule has 0 radical (unpaired) electrons. The van der Waals surface area contributed by atoms with Gasteiger partial charge in [0.15, 0.2) is 0 Å². The van der Waals surface area contributed by atoms with Crippen LogP contribution in [0.2, 0.25) is 5.02 Å². The van der Waals surface area contributed by atoms with Crippen molar-refractivity contribution >= 4 is 11.6 Å². The summed E-state index contributed by atoms with van der Waals surface area (Å²) in [4.78, 5) is 4.11. The normalized spacial score (nSPS) is 12.4. The number of nitrogens with zero attached hydrogens (tertiary/aromatic N) is 1. The number of hydrogen-bond acceptors (Lipinski definition) is 2. The first-order valence-electron chi connectivity index (χ1n) is 6.15. The fourth-order valence-electron chi connectivity index (χ4n) is 1.91. The molecular weight excluding hydrogens is 263 g/mol. The molecule has 19 heavy (non-hydrogen) atoms. The van der Waals surface area contributed by atoms with Gasteiger partial charge in [0.1, 0.15) is 5.82 Å². The highest BCUT2D eigenvalue weighted by Crippen LogP contribution is 2.24. The zero-order chi connectivity index (χ0) is 13.8. The van der Waals surface area contributed by atoms with E-state index in [0.29, 0.717) is 11.6 Å². The quantitative estimate of drug-likeness (QED) is 0.913. The van der Waals surface area contributed by atoms with E-state index in [9.17, 15) is 4.39 Å². The summed E-state index contributed by atoms with van der Waals surface area (Å²) in [5.74, 6) is -0.316. The van der Waals surface area contributed by atoms with Crippen LogP contribution in [0.1, 0.15) is 29.7 Å². The molecule has 2 nitrogen and oxygen atoms in total. The third-order valence-corrected chi connectivity index (χ3v) is 3.50. The summed E-state index contributed by atoms with van der Waals surface area (Å²) in [6, 6.07) is 6.50. The average molecular weight is 279 g/mol. The molecule has 0 spiro atoms. The molecule has 1 atom stereocenters. The number of nitrogens with one attached hydrogen (secondary N) is 1. The molecule has 4 heteroatoms. The Bertz CT molecular complexity index is 572. The largest absolute Gasteiger partial charge is 0.306 e. The van der Waals surface area contributed by atoms with E-state index in [1.165, 1.54) is 17.7 Å². The predicted molar refractivity (Wildman–Crippen MR) is 75.6 cm³/mol. The Hall–Kier alpha value is -1.45. The standard InChI is InChI=1S/C15H16ClFN2/c1-10-5-6-18-8-12(10)9-19-11(2)14-4-3-13(17)7-15(14)16/h3-8,11,19H,9H2,1-2H3. The van der Waals surface area contributed by atoms with E-state index >= 15 is 0 Å². The summed E-state index contributed by atoms with van der Waals surface area (Å²) in [6.07, 6.45) is 3.63. The van der Waals surface area contributed by atoms with Gasteiger partial charge in [0, 0.05) is 30.0 Å². The Morgan fingerprint density at radius 2 is 2.16 bits per heavy atom. The van der Waals surface area contributed by atoms with Gasteiger partial charge >= 0.3 is 0 Å². The number of aryl methyl sites for hydroxylation is 1. The molecule has 0 aliphatic carbocycles. The molecule has 2 rings (SSSR count). The average Bonchev–Trinajstić information content (AvgIpc) is 2.37. The van der Waals surface area contributed by atoms with Crippen LogP contribution in [0.4, 0.5) is 4.39 Å². The maximum Gasteiger partial charge on any atom is 0.124 e. The summed E-state index contributed by atoms with van der Waals surface area (Å²) in [5.41, 5.74) is 3.23. The van der Waals surface area contributed by atoms with Crippen molar-refractivity contribution in [2.75, 3.05) is 0 Å². The van der Waals surface area contributed by atoms with Gasteiger partial charge in [-0.05, 0) is 48.7 Å². The molecule has 0 aliphatic rings. The molecule has 100 valence electrons. The minimum Gasteiger partial charge on any atom is -0.306 e. The number of halogens is 2. The van der Waals surface area contributed by atoms with E-state index in [0.717, 1.165) is 11.1 Å². The summed E-state index contributed by atoms with van der Waals surface area (Å²) in [6.45, 7) is 4.76. The van der Waals surface area contributed by atoms with Crippen LogP contribution >= 0.6 is 11.6 Å². The Labute approximate surface area is 117 Å². The van der Waals surface area contributed by atoms with E-state index in [-0.39, 0.29) is 11.9 Å². The topological polar surface area (TPSA) is 24.9 Å². The Morgan fingerprint density at radius 3 is 2.84 bits per heavy atom. The van der Waals surface area contributed by atoms with Gasteiger partial charge in [-0.1, -0.05) is 17.7 Å². The van der Waals surface area contributed by atoms with Crippen molar-refractivity contribution in [3.63, 3.8) is 0 Å². The van der Waals surface area contributed by atoms with Crippen molar-refractivity contribution in [2.45, 2.75) is 26.4 Å². The first-order chi connectivity index (χ1) is 9.08. The highest BCUT2D eigenvalue weighted by molar-refractivity contribution is 6.31. The van der Waals surface area contributed by atoms with E-state index in [2.05, 4.69) is 10.3 Å². The van der Waals surface area contributed by atoms with Crippen molar-refractivity contribution in [3.05, 3.63) is 64.2 Å². The van der Waals surface area contributed by atoms with Gasteiger partial charge in [0.2, 0.25) is 0 Å². The summed E-state index contributed by atoms with van der Waals surface area (Å²) < 4.78 is 13.0. The SMILES string of the molecule is Cc1ccncc1CNC(C)c1ccc(F)cc1Cl. The lowest BCUT2D eigenvalue weighted by Gasteiger charge is -2.16. The van der Waals surface area contributed by atoms with Crippen molar-refractivity contribution in [1.82, 2.24) is 10.3 Å². The zero-order valence-corrected chi connectivity index (χ0v) is 11.7. The number of rotatable bonds is 4. The Balaban J connectivity index is 2.05. The molecule has 1 heterocycles. The van der Waals surface area contributed by atoms with E-state index < -0.39 is 0 Å². The van der Waals surface area contributed by atoms with E-state index in [4.69, 9.17) is 11.6 Å². The fourth-order valence-corrected chi connectivity index (χ4v) is 2.24. The van der Waals surface area contributed by atoms with Crippen LogP contribution in [-0.4, -0.2) is 4.98 Å². The summed E-state index contributed by atoms with van der Waals surface area (Å²) in [5, 5.41) is 3.82. The van der Waals surface area contributed by atoms with Crippen LogP contribution in [0.3, 0.4) is 0 Å². The first kappa shape index (κ1) is 14.0. The highest BCUT2D eigenvalue weighted by atomic mass is 35.5. The molecule has 0 amide bonds. The third kappa shape index (κ3) is 3.52. The van der Waals surface area contributed by atoms with Crippen molar-refractivity contribution in [3.8, 4) is 0 Å².